The van der Waals surface area contributed by atoms with Gasteiger partial charge in [-0.1, -0.05) is 13.0 Å². The first-order valence-corrected chi connectivity index (χ1v) is 11.3. The molecule has 31 heavy (non-hydrogen) atoms. The van der Waals surface area contributed by atoms with Crippen LogP contribution < -0.4 is 10.6 Å². The van der Waals surface area contributed by atoms with E-state index < -0.39 is 0 Å². The van der Waals surface area contributed by atoms with Crippen molar-refractivity contribution < 1.29 is 9.18 Å². The van der Waals surface area contributed by atoms with Gasteiger partial charge in [0.15, 0.2) is 0 Å². The molecule has 4 fully saturated rings. The predicted octanol–water partition coefficient (Wildman–Crippen LogP) is 4.71. The molecule has 0 spiro atoms. The molecule has 2 N–H and O–H groups in total. The van der Waals surface area contributed by atoms with Crippen LogP contribution in [0, 0.1) is 17.7 Å². The summed E-state index contributed by atoms with van der Waals surface area (Å²) >= 11 is 0. The average Bonchev–Trinajstić information content (AvgIpc) is 3.53. The molecule has 5 nitrogen and oxygen atoms in total. The Morgan fingerprint density at radius 1 is 1.13 bits per heavy atom. The summed E-state index contributed by atoms with van der Waals surface area (Å²) in [6.07, 6.45) is 8.72. The molecule has 0 aliphatic heterocycles. The van der Waals surface area contributed by atoms with Crippen molar-refractivity contribution in [2.75, 3.05) is 5.32 Å². The maximum atomic E-state index is 15.0. The number of aromatic nitrogens is 2. The third kappa shape index (κ3) is 3.16. The summed E-state index contributed by atoms with van der Waals surface area (Å²) in [5.74, 6) is 0.919. The molecule has 1 aromatic carbocycles. The minimum atomic E-state index is -0.335. The maximum absolute atomic E-state index is 15.0. The highest BCUT2D eigenvalue weighted by Gasteiger charge is 2.52. The number of hydrogen-bond acceptors (Lipinski definition) is 4. The summed E-state index contributed by atoms with van der Waals surface area (Å²) in [5.41, 5.74) is 4.05. The molecule has 7 rings (SSSR count). The van der Waals surface area contributed by atoms with Gasteiger partial charge in [-0.25, -0.2) is 4.39 Å². The highest BCUT2D eigenvalue weighted by atomic mass is 19.1. The quantitative estimate of drug-likeness (QED) is 0.611. The molecule has 2 bridgehead atoms. The Morgan fingerprint density at radius 3 is 2.55 bits per heavy atom. The second-order valence-corrected chi connectivity index (χ2v) is 9.20. The fourth-order valence-electron chi connectivity index (χ4n) is 4.74. The molecular formula is C25H25FN4O. The summed E-state index contributed by atoms with van der Waals surface area (Å²) in [7, 11) is 0. The number of rotatable bonds is 6. The van der Waals surface area contributed by atoms with E-state index in [1.807, 2.05) is 25.1 Å². The first-order valence-electron chi connectivity index (χ1n) is 11.3. The largest absolute Gasteiger partial charge is 0.381 e. The van der Waals surface area contributed by atoms with Crippen LogP contribution in [0.1, 0.15) is 48.7 Å². The number of aryl methyl sites for hydroxylation is 1. The smallest absolute Gasteiger partial charge is 0.255 e. The molecule has 2 aromatic heterocycles. The highest BCUT2D eigenvalue weighted by molar-refractivity contribution is 6.08. The molecule has 158 valence electrons. The van der Waals surface area contributed by atoms with Gasteiger partial charge >= 0.3 is 0 Å². The Kier molecular flexibility index (Phi) is 4.23. The van der Waals surface area contributed by atoms with Gasteiger partial charge in [-0.2, -0.15) is 0 Å². The minimum Gasteiger partial charge on any atom is -0.381 e. The van der Waals surface area contributed by atoms with Crippen LogP contribution in [0.5, 0.6) is 0 Å². The lowest BCUT2D eigenvalue weighted by Gasteiger charge is -2.58. The number of fused-ring (bicyclic) bond motifs is 1. The number of benzene rings is 1. The van der Waals surface area contributed by atoms with E-state index in [9.17, 15) is 4.79 Å². The van der Waals surface area contributed by atoms with Crippen LogP contribution in [0.25, 0.3) is 22.0 Å². The van der Waals surface area contributed by atoms with Gasteiger partial charge in [0.25, 0.3) is 5.91 Å². The summed E-state index contributed by atoms with van der Waals surface area (Å²) in [4.78, 5) is 21.8. The van der Waals surface area contributed by atoms with E-state index in [1.165, 1.54) is 18.9 Å². The molecule has 1 amide bonds. The van der Waals surface area contributed by atoms with Gasteiger partial charge in [0, 0.05) is 52.8 Å². The van der Waals surface area contributed by atoms with Crippen molar-refractivity contribution in [1.29, 1.82) is 0 Å². The van der Waals surface area contributed by atoms with Crippen LogP contribution in [-0.4, -0.2) is 28.0 Å². The number of amides is 1. The van der Waals surface area contributed by atoms with E-state index >= 15 is 4.39 Å². The Balaban J connectivity index is 1.46. The normalized spacial score (nSPS) is 23.7. The predicted molar refractivity (Wildman–Crippen MR) is 118 cm³/mol. The Hall–Kier alpha value is -3.02. The topological polar surface area (TPSA) is 66.9 Å². The van der Waals surface area contributed by atoms with Crippen LogP contribution in [0.3, 0.4) is 0 Å². The van der Waals surface area contributed by atoms with Crippen molar-refractivity contribution in [2.24, 2.45) is 11.8 Å². The average molecular weight is 417 g/mol. The molecular weight excluding hydrogens is 391 g/mol. The highest BCUT2D eigenvalue weighted by Crippen LogP contribution is 2.55. The third-order valence-corrected chi connectivity index (χ3v) is 7.15. The molecule has 6 heteroatoms. The minimum absolute atomic E-state index is 0.104. The van der Waals surface area contributed by atoms with Gasteiger partial charge in [0.1, 0.15) is 5.82 Å². The van der Waals surface area contributed by atoms with Crippen molar-refractivity contribution in [3.05, 3.63) is 53.7 Å². The molecule has 0 atom stereocenters. The maximum Gasteiger partial charge on any atom is 0.255 e. The lowest BCUT2D eigenvalue weighted by Crippen LogP contribution is -2.59. The van der Waals surface area contributed by atoms with Crippen LogP contribution in [0.2, 0.25) is 0 Å². The SMILES string of the molecule is CCc1ccc(-c2cc3c(NC4C5CC4C5)c(C(=O)NC4CC4)cnc3cc2F)cn1. The fraction of sp³-hybridized carbons (Fsp3) is 0.400. The van der Waals surface area contributed by atoms with Crippen LogP contribution in [0.4, 0.5) is 10.1 Å². The van der Waals surface area contributed by atoms with Crippen molar-refractivity contribution >= 4 is 22.5 Å². The Morgan fingerprint density at radius 2 is 1.94 bits per heavy atom. The van der Waals surface area contributed by atoms with E-state index in [4.69, 9.17) is 0 Å². The standard InChI is InChI=1S/C25H25FN4O/c1-2-16-4-3-13(11-27-16)18-9-19-22(10-21(18)26)28-12-20(25(31)29-17-5-6-17)24(19)30-23-14-7-15(23)8-14/h3-4,9-12,14-15,17,23H,2,5-8H2,1H3,(H,28,30)(H,29,31). The summed E-state index contributed by atoms with van der Waals surface area (Å²) in [6, 6.07) is 7.78. The number of carbonyl (C=O) groups is 1. The second kappa shape index (κ2) is 7.01. The molecule has 3 aromatic rings. The number of anilines is 1. The van der Waals surface area contributed by atoms with E-state index in [1.54, 1.807) is 12.4 Å². The van der Waals surface area contributed by atoms with Crippen molar-refractivity contribution in [2.45, 2.75) is 51.1 Å². The summed E-state index contributed by atoms with van der Waals surface area (Å²) in [5, 5.41) is 7.50. The molecule has 4 aliphatic carbocycles. The third-order valence-electron chi connectivity index (χ3n) is 7.15. The first-order chi connectivity index (χ1) is 15.1. The first kappa shape index (κ1) is 18.7. The Labute approximate surface area is 180 Å². The molecule has 0 saturated heterocycles. The molecule has 0 unspecified atom stereocenters. The molecule has 0 radical (unpaired) electrons. The molecule has 2 heterocycles. The van der Waals surface area contributed by atoms with E-state index in [0.717, 1.165) is 41.6 Å². The van der Waals surface area contributed by atoms with Crippen LogP contribution in [0.15, 0.2) is 36.7 Å². The zero-order valence-electron chi connectivity index (χ0n) is 17.5. The number of nitrogens with one attached hydrogen (secondary N) is 2. The fourth-order valence-corrected chi connectivity index (χ4v) is 4.74. The van der Waals surface area contributed by atoms with E-state index in [-0.39, 0.29) is 17.8 Å². The number of nitrogens with zero attached hydrogens (tertiary/aromatic N) is 2. The second-order valence-electron chi connectivity index (χ2n) is 9.20. The summed E-state index contributed by atoms with van der Waals surface area (Å²) < 4.78 is 15.0. The van der Waals surface area contributed by atoms with Crippen LogP contribution in [-0.2, 0) is 6.42 Å². The number of carbonyl (C=O) groups excluding carboxylic acids is 1. The van der Waals surface area contributed by atoms with Gasteiger partial charge < -0.3 is 10.6 Å². The van der Waals surface area contributed by atoms with Crippen LogP contribution >= 0.6 is 0 Å². The molecule has 4 aliphatic rings. The lowest BCUT2D eigenvalue weighted by atomic mass is 9.52. The monoisotopic (exact) mass is 416 g/mol. The number of halogens is 1. The van der Waals surface area contributed by atoms with Crippen molar-refractivity contribution in [1.82, 2.24) is 15.3 Å². The Bertz CT molecular complexity index is 1170. The number of pyridine rings is 2. The summed E-state index contributed by atoms with van der Waals surface area (Å²) in [6.45, 7) is 2.04. The van der Waals surface area contributed by atoms with Crippen molar-refractivity contribution in [3.8, 4) is 11.1 Å². The van der Waals surface area contributed by atoms with Gasteiger partial charge in [0.05, 0.1) is 16.8 Å². The van der Waals surface area contributed by atoms with Crippen molar-refractivity contribution in [3.63, 3.8) is 0 Å². The van der Waals surface area contributed by atoms with Gasteiger partial charge in [-0.05, 0) is 56.1 Å². The zero-order valence-corrected chi connectivity index (χ0v) is 17.5. The van der Waals surface area contributed by atoms with E-state index in [0.29, 0.717) is 34.5 Å². The van der Waals surface area contributed by atoms with E-state index in [2.05, 4.69) is 20.6 Å². The molecule has 4 saturated carbocycles. The van der Waals surface area contributed by atoms with Gasteiger partial charge in [-0.3, -0.25) is 14.8 Å². The van der Waals surface area contributed by atoms with Gasteiger partial charge in [-0.15, -0.1) is 0 Å². The number of hydrogen-bond donors (Lipinski definition) is 2. The lowest BCUT2D eigenvalue weighted by molar-refractivity contribution is -0.00385. The van der Waals surface area contributed by atoms with Gasteiger partial charge in [0.2, 0.25) is 0 Å². The zero-order chi connectivity index (χ0) is 21.1.